The zero-order valence-electron chi connectivity index (χ0n) is 16.7. The van der Waals surface area contributed by atoms with E-state index in [2.05, 4.69) is 21.1 Å². The van der Waals surface area contributed by atoms with Crippen molar-refractivity contribution < 1.29 is 14.0 Å². The first-order valence-corrected chi connectivity index (χ1v) is 10.3. The summed E-state index contributed by atoms with van der Waals surface area (Å²) in [7, 11) is 1.76. The molecule has 2 fully saturated rings. The molecule has 2 aliphatic heterocycles. The number of likely N-dealkylation sites (tertiary alicyclic amines) is 1. The second kappa shape index (κ2) is 9.11. The van der Waals surface area contributed by atoms with Crippen LogP contribution in [-0.4, -0.2) is 60.0 Å². The Balaban J connectivity index is 1.45. The molecule has 4 rings (SSSR count). The van der Waals surface area contributed by atoms with Crippen LogP contribution in [0.15, 0.2) is 28.9 Å². The highest BCUT2D eigenvalue weighted by atomic mass is 16.5. The maximum Gasteiger partial charge on any atom is 0.229 e. The second-order valence-electron chi connectivity index (χ2n) is 7.96. The average molecular weight is 386 g/mol. The van der Waals surface area contributed by atoms with Crippen molar-refractivity contribution in [2.45, 2.75) is 50.0 Å². The highest BCUT2D eigenvalue weighted by Crippen LogP contribution is 2.38. The van der Waals surface area contributed by atoms with Crippen molar-refractivity contribution in [1.82, 2.24) is 20.0 Å². The number of hydrogen-bond donors (Lipinski definition) is 0. The van der Waals surface area contributed by atoms with E-state index in [1.54, 1.807) is 7.11 Å². The van der Waals surface area contributed by atoms with Gasteiger partial charge in [-0.05, 0) is 57.3 Å². The van der Waals surface area contributed by atoms with E-state index in [-0.39, 0.29) is 5.41 Å². The minimum atomic E-state index is -0.0659. The first-order valence-electron chi connectivity index (χ1n) is 10.3. The molecule has 0 saturated carbocycles. The standard InChI is InChI=1S/C21H30N4O3/c1-26-15-9-21(20-23-19(28-24-20)17-5-13-27-14-6-17)7-11-25(12-8-21)16-18-4-2-3-10-22-18/h2-4,10,17H,5-9,11-16H2,1H3. The molecule has 7 heteroatoms. The largest absolute Gasteiger partial charge is 0.385 e. The Morgan fingerprint density at radius 2 is 2.04 bits per heavy atom. The molecule has 0 aromatic carbocycles. The van der Waals surface area contributed by atoms with E-state index in [1.807, 2.05) is 18.3 Å². The smallest absolute Gasteiger partial charge is 0.229 e. The molecule has 2 aliphatic rings. The lowest BCUT2D eigenvalue weighted by Gasteiger charge is -2.39. The number of methoxy groups -OCH3 is 1. The fourth-order valence-corrected chi connectivity index (χ4v) is 4.30. The van der Waals surface area contributed by atoms with Gasteiger partial charge in [0.25, 0.3) is 0 Å². The normalized spacial score (nSPS) is 21.0. The van der Waals surface area contributed by atoms with Gasteiger partial charge in [0.2, 0.25) is 5.89 Å². The predicted octanol–water partition coefficient (Wildman–Crippen LogP) is 2.93. The molecule has 4 heterocycles. The van der Waals surface area contributed by atoms with Gasteiger partial charge in [0.1, 0.15) is 0 Å². The minimum Gasteiger partial charge on any atom is -0.385 e. The van der Waals surface area contributed by atoms with E-state index in [9.17, 15) is 0 Å². The number of aromatic nitrogens is 3. The molecule has 152 valence electrons. The third-order valence-corrected chi connectivity index (χ3v) is 6.20. The van der Waals surface area contributed by atoms with E-state index in [0.29, 0.717) is 12.5 Å². The Bertz CT molecular complexity index is 722. The van der Waals surface area contributed by atoms with Crippen LogP contribution in [0.5, 0.6) is 0 Å². The molecule has 7 nitrogen and oxygen atoms in total. The zero-order chi connectivity index (χ0) is 19.2. The van der Waals surface area contributed by atoms with Gasteiger partial charge >= 0.3 is 0 Å². The van der Waals surface area contributed by atoms with Crippen LogP contribution in [0.2, 0.25) is 0 Å². The van der Waals surface area contributed by atoms with E-state index >= 15 is 0 Å². The van der Waals surface area contributed by atoms with Gasteiger partial charge in [-0.3, -0.25) is 9.88 Å². The highest BCUT2D eigenvalue weighted by molar-refractivity contribution is 5.12. The first kappa shape index (κ1) is 19.5. The summed E-state index contributed by atoms with van der Waals surface area (Å²) in [6, 6.07) is 6.10. The van der Waals surface area contributed by atoms with Gasteiger partial charge in [-0.2, -0.15) is 4.98 Å². The van der Waals surface area contributed by atoms with Gasteiger partial charge in [-0.25, -0.2) is 0 Å². The Kier molecular flexibility index (Phi) is 6.34. The maximum absolute atomic E-state index is 5.70. The third-order valence-electron chi connectivity index (χ3n) is 6.20. The lowest BCUT2D eigenvalue weighted by Crippen LogP contribution is -2.43. The van der Waals surface area contributed by atoms with Crippen molar-refractivity contribution in [3.8, 4) is 0 Å². The van der Waals surface area contributed by atoms with E-state index in [0.717, 1.165) is 82.4 Å². The van der Waals surface area contributed by atoms with Crippen LogP contribution in [0, 0.1) is 0 Å². The molecule has 0 atom stereocenters. The van der Waals surface area contributed by atoms with Gasteiger partial charge in [0.05, 0.1) is 5.69 Å². The number of ether oxygens (including phenoxy) is 2. The number of pyridine rings is 1. The number of nitrogens with zero attached hydrogens (tertiary/aromatic N) is 4. The summed E-state index contributed by atoms with van der Waals surface area (Å²) >= 11 is 0. The lowest BCUT2D eigenvalue weighted by molar-refractivity contribution is 0.0778. The zero-order valence-corrected chi connectivity index (χ0v) is 16.7. The maximum atomic E-state index is 5.70. The molecule has 0 amide bonds. The first-order chi connectivity index (χ1) is 13.8. The lowest BCUT2D eigenvalue weighted by atomic mass is 9.75. The summed E-state index contributed by atoms with van der Waals surface area (Å²) in [6.45, 7) is 5.16. The molecular weight excluding hydrogens is 356 g/mol. The van der Waals surface area contributed by atoms with Crippen LogP contribution in [0.4, 0.5) is 0 Å². The summed E-state index contributed by atoms with van der Waals surface area (Å²) in [5, 5.41) is 4.44. The van der Waals surface area contributed by atoms with Crippen molar-refractivity contribution in [2.75, 3.05) is 40.0 Å². The van der Waals surface area contributed by atoms with Crippen LogP contribution >= 0.6 is 0 Å². The molecule has 2 aromatic rings. The van der Waals surface area contributed by atoms with Gasteiger partial charge < -0.3 is 14.0 Å². The average Bonchev–Trinajstić information content (AvgIpc) is 3.26. The molecule has 2 saturated heterocycles. The second-order valence-corrected chi connectivity index (χ2v) is 7.96. The molecule has 0 unspecified atom stereocenters. The van der Waals surface area contributed by atoms with Crippen LogP contribution < -0.4 is 0 Å². The van der Waals surface area contributed by atoms with Gasteiger partial charge in [-0.15, -0.1) is 0 Å². The molecule has 0 spiro atoms. The van der Waals surface area contributed by atoms with E-state index < -0.39 is 0 Å². The summed E-state index contributed by atoms with van der Waals surface area (Å²) in [4.78, 5) is 11.8. The van der Waals surface area contributed by atoms with Gasteiger partial charge in [0, 0.05) is 51.0 Å². The van der Waals surface area contributed by atoms with Crippen molar-refractivity contribution in [2.24, 2.45) is 0 Å². The number of hydrogen-bond acceptors (Lipinski definition) is 7. The van der Waals surface area contributed by atoms with E-state index in [1.165, 1.54) is 0 Å². The molecule has 0 aliphatic carbocycles. The van der Waals surface area contributed by atoms with Crippen LogP contribution in [0.3, 0.4) is 0 Å². The highest BCUT2D eigenvalue weighted by Gasteiger charge is 2.40. The summed E-state index contributed by atoms with van der Waals surface area (Å²) < 4.78 is 16.6. The Hall–Kier alpha value is -1.83. The fourth-order valence-electron chi connectivity index (χ4n) is 4.30. The molecular formula is C21H30N4O3. The third kappa shape index (κ3) is 4.42. The molecule has 2 aromatic heterocycles. The minimum absolute atomic E-state index is 0.0659. The van der Waals surface area contributed by atoms with Crippen molar-refractivity contribution in [1.29, 1.82) is 0 Å². The van der Waals surface area contributed by atoms with Crippen LogP contribution in [0.1, 0.15) is 55.4 Å². The Labute approximate surface area is 166 Å². The van der Waals surface area contributed by atoms with Crippen molar-refractivity contribution in [3.63, 3.8) is 0 Å². The van der Waals surface area contributed by atoms with Gasteiger partial charge in [-0.1, -0.05) is 11.2 Å². The van der Waals surface area contributed by atoms with Crippen LogP contribution in [0.25, 0.3) is 0 Å². The molecule has 0 bridgehead atoms. The number of piperidine rings is 1. The Morgan fingerprint density at radius 3 is 2.75 bits per heavy atom. The fraction of sp³-hybridized carbons (Fsp3) is 0.667. The number of rotatable bonds is 7. The Morgan fingerprint density at radius 1 is 1.21 bits per heavy atom. The van der Waals surface area contributed by atoms with E-state index in [4.69, 9.17) is 19.0 Å². The SMILES string of the molecule is COCCC1(c2noc(C3CCOCC3)n2)CCN(Cc2ccccn2)CC1. The van der Waals surface area contributed by atoms with Crippen molar-refractivity contribution in [3.05, 3.63) is 41.8 Å². The summed E-state index contributed by atoms with van der Waals surface area (Å²) in [5.41, 5.74) is 1.05. The van der Waals surface area contributed by atoms with Gasteiger partial charge in [0.15, 0.2) is 5.82 Å². The summed E-state index contributed by atoms with van der Waals surface area (Å²) in [5.74, 6) is 1.98. The summed E-state index contributed by atoms with van der Waals surface area (Å²) in [6.07, 6.45) is 6.73. The molecule has 0 radical (unpaired) electrons. The van der Waals surface area contributed by atoms with Crippen LogP contribution in [-0.2, 0) is 21.4 Å². The topological polar surface area (TPSA) is 73.5 Å². The molecule has 0 N–H and O–H groups in total. The quantitative estimate of drug-likeness (QED) is 0.724. The monoisotopic (exact) mass is 386 g/mol. The van der Waals surface area contributed by atoms with Crippen molar-refractivity contribution >= 4 is 0 Å². The predicted molar refractivity (Wildman–Crippen MR) is 104 cm³/mol. The molecule has 28 heavy (non-hydrogen) atoms.